The molecule has 0 radical (unpaired) electrons. The van der Waals surface area contributed by atoms with Crippen LogP contribution in [0.1, 0.15) is 37.9 Å². The molecule has 3 N–H and O–H groups in total. The second-order valence-electron chi connectivity index (χ2n) is 9.33. The number of para-hydroxylation sites is 1. The van der Waals surface area contributed by atoms with Gasteiger partial charge in [-0.15, -0.1) is 0 Å². The van der Waals surface area contributed by atoms with Crippen LogP contribution in [-0.2, 0) is 14.3 Å². The molecular weight excluding hydrogens is 446 g/mol. The second kappa shape index (κ2) is 10.5. The van der Waals surface area contributed by atoms with Crippen molar-refractivity contribution in [1.29, 1.82) is 0 Å². The molecule has 0 aliphatic rings. The van der Waals surface area contributed by atoms with Crippen molar-refractivity contribution >= 4 is 34.4 Å². The van der Waals surface area contributed by atoms with Gasteiger partial charge >= 0.3 is 6.09 Å². The first-order valence-electron chi connectivity index (χ1n) is 11.3. The molecule has 0 aliphatic carbocycles. The Morgan fingerprint density at radius 3 is 2.37 bits per heavy atom. The van der Waals surface area contributed by atoms with E-state index in [2.05, 4.69) is 10.6 Å². The fourth-order valence-corrected chi connectivity index (χ4v) is 3.64. The topological polar surface area (TPSA) is 108 Å². The summed E-state index contributed by atoms with van der Waals surface area (Å²) in [7, 11) is 1.45. The normalized spacial score (nSPS) is 12.0. The van der Waals surface area contributed by atoms with E-state index in [0.29, 0.717) is 11.3 Å². The minimum absolute atomic E-state index is 0.0779. The lowest BCUT2D eigenvalue weighted by molar-refractivity contribution is -0.136. The Labute approximate surface area is 204 Å². The zero-order valence-electron chi connectivity index (χ0n) is 20.6. The summed E-state index contributed by atoms with van der Waals surface area (Å²) in [5.74, 6) is -1.12. The highest BCUT2D eigenvalue weighted by Crippen LogP contribution is 2.32. The molecule has 35 heavy (non-hydrogen) atoms. The summed E-state index contributed by atoms with van der Waals surface area (Å²) in [4.78, 5) is 39.6. The number of hydrogen-bond donors (Lipinski definition) is 3. The third kappa shape index (κ3) is 6.50. The number of phenols is 1. The van der Waals surface area contributed by atoms with Crippen molar-refractivity contribution in [2.24, 2.45) is 0 Å². The first-order chi connectivity index (χ1) is 16.5. The molecule has 0 heterocycles. The van der Waals surface area contributed by atoms with Crippen molar-refractivity contribution in [3.8, 4) is 5.75 Å². The Balaban J connectivity index is 1.85. The zero-order valence-corrected chi connectivity index (χ0v) is 20.6. The molecule has 1 unspecified atom stereocenters. The number of nitrogens with zero attached hydrogens (tertiary/aromatic N) is 1. The van der Waals surface area contributed by atoms with E-state index in [-0.39, 0.29) is 17.9 Å². The molecule has 0 spiro atoms. The SMILES string of the molecule is Cc1cccc(C(C(=O)Nc2ccc3ccccc3c2)N(C)C(=O)CNC(=O)OC(C)(C)C)c1O. The Morgan fingerprint density at radius 2 is 1.69 bits per heavy atom. The van der Waals surface area contributed by atoms with Gasteiger partial charge in [-0.1, -0.05) is 48.5 Å². The quantitative estimate of drug-likeness (QED) is 0.484. The van der Waals surface area contributed by atoms with Crippen molar-refractivity contribution in [2.75, 3.05) is 18.9 Å². The van der Waals surface area contributed by atoms with Crippen LogP contribution >= 0.6 is 0 Å². The number of carbonyl (C=O) groups excluding carboxylic acids is 3. The second-order valence-corrected chi connectivity index (χ2v) is 9.33. The molecule has 8 heteroatoms. The van der Waals surface area contributed by atoms with Gasteiger partial charge in [0.1, 0.15) is 23.9 Å². The number of alkyl carbamates (subject to hydrolysis) is 1. The average molecular weight is 478 g/mol. The highest BCUT2D eigenvalue weighted by molar-refractivity contribution is 6.00. The number of aryl methyl sites for hydroxylation is 1. The average Bonchev–Trinajstić information content (AvgIpc) is 2.79. The Bertz CT molecular complexity index is 1250. The molecule has 0 saturated carbocycles. The number of benzene rings is 3. The van der Waals surface area contributed by atoms with Gasteiger partial charge in [-0.25, -0.2) is 4.79 Å². The number of amides is 3. The van der Waals surface area contributed by atoms with E-state index in [0.717, 1.165) is 10.8 Å². The third-order valence-electron chi connectivity index (χ3n) is 5.39. The molecule has 0 saturated heterocycles. The molecule has 3 aromatic rings. The summed E-state index contributed by atoms with van der Waals surface area (Å²) in [6, 6.07) is 17.1. The largest absolute Gasteiger partial charge is 0.507 e. The third-order valence-corrected chi connectivity index (χ3v) is 5.39. The fourth-order valence-electron chi connectivity index (χ4n) is 3.64. The number of phenolic OH excluding ortho intramolecular Hbond substituents is 1. The van der Waals surface area contributed by atoms with E-state index >= 15 is 0 Å². The number of likely N-dealkylation sites (N-methyl/N-ethyl adjacent to an activating group) is 1. The highest BCUT2D eigenvalue weighted by atomic mass is 16.6. The summed E-state index contributed by atoms with van der Waals surface area (Å²) >= 11 is 0. The molecule has 184 valence electrons. The zero-order chi connectivity index (χ0) is 25.8. The lowest BCUT2D eigenvalue weighted by atomic mass is 10.00. The van der Waals surface area contributed by atoms with Crippen molar-refractivity contribution in [2.45, 2.75) is 39.3 Å². The van der Waals surface area contributed by atoms with Crippen LogP contribution in [0.25, 0.3) is 10.8 Å². The minimum Gasteiger partial charge on any atom is -0.507 e. The van der Waals surface area contributed by atoms with Crippen molar-refractivity contribution < 1.29 is 24.2 Å². The number of nitrogens with one attached hydrogen (secondary N) is 2. The number of hydrogen-bond acceptors (Lipinski definition) is 5. The Kier molecular flexibility index (Phi) is 7.64. The molecule has 0 bridgehead atoms. The standard InChI is InChI=1S/C27H31N3O5/c1-17-9-8-12-21(24(17)32)23(30(5)22(31)16-28-26(34)35-27(2,3)4)25(33)29-20-14-13-18-10-6-7-11-19(18)15-20/h6-15,23,32H,16H2,1-5H3,(H,28,34)(H,29,33). The van der Waals surface area contributed by atoms with E-state index in [9.17, 15) is 19.5 Å². The first kappa shape index (κ1) is 25.6. The lowest BCUT2D eigenvalue weighted by Crippen LogP contribution is -2.44. The smallest absolute Gasteiger partial charge is 0.408 e. The van der Waals surface area contributed by atoms with Gasteiger partial charge in [0, 0.05) is 18.3 Å². The van der Waals surface area contributed by atoms with E-state index in [1.807, 2.05) is 36.4 Å². The van der Waals surface area contributed by atoms with Crippen LogP contribution in [0.3, 0.4) is 0 Å². The molecule has 1 atom stereocenters. The van der Waals surface area contributed by atoms with E-state index in [4.69, 9.17) is 4.74 Å². The van der Waals surface area contributed by atoms with Gasteiger partial charge in [0.25, 0.3) is 5.91 Å². The van der Waals surface area contributed by atoms with Crippen LogP contribution in [0.2, 0.25) is 0 Å². The van der Waals surface area contributed by atoms with Crippen molar-refractivity contribution in [3.63, 3.8) is 0 Å². The number of rotatable bonds is 6. The molecule has 3 aromatic carbocycles. The van der Waals surface area contributed by atoms with Crippen molar-refractivity contribution in [3.05, 3.63) is 71.8 Å². The molecule has 8 nitrogen and oxygen atoms in total. The van der Waals surface area contributed by atoms with Gasteiger partial charge in [0.15, 0.2) is 0 Å². The Hall–Kier alpha value is -4.07. The summed E-state index contributed by atoms with van der Waals surface area (Å²) < 4.78 is 5.17. The number of carbonyl (C=O) groups is 3. The van der Waals surface area contributed by atoms with Gasteiger partial charge in [-0.3, -0.25) is 9.59 Å². The summed E-state index contributed by atoms with van der Waals surface area (Å²) in [5.41, 5.74) is 0.683. The van der Waals surface area contributed by atoms with Crippen LogP contribution in [0.15, 0.2) is 60.7 Å². The Morgan fingerprint density at radius 1 is 1.00 bits per heavy atom. The maximum atomic E-state index is 13.5. The van der Waals surface area contributed by atoms with E-state index in [1.54, 1.807) is 52.0 Å². The summed E-state index contributed by atoms with van der Waals surface area (Å²) in [5, 5.41) is 17.9. The van der Waals surface area contributed by atoms with Gasteiger partial charge in [-0.05, 0) is 56.2 Å². The van der Waals surface area contributed by atoms with E-state index < -0.39 is 29.6 Å². The highest BCUT2D eigenvalue weighted by Gasteiger charge is 2.31. The van der Waals surface area contributed by atoms with E-state index in [1.165, 1.54) is 11.9 Å². The molecule has 0 aliphatic heterocycles. The maximum absolute atomic E-state index is 13.5. The van der Waals surface area contributed by atoms with Gasteiger partial charge < -0.3 is 25.4 Å². The van der Waals surface area contributed by atoms with Crippen LogP contribution in [-0.4, -0.2) is 47.1 Å². The minimum atomic E-state index is -1.14. The van der Waals surface area contributed by atoms with Crippen LogP contribution < -0.4 is 10.6 Å². The number of ether oxygens (including phenoxy) is 1. The first-order valence-corrected chi connectivity index (χ1v) is 11.3. The number of fused-ring (bicyclic) bond motifs is 1. The molecule has 3 rings (SSSR count). The van der Waals surface area contributed by atoms with Crippen LogP contribution in [0, 0.1) is 6.92 Å². The monoisotopic (exact) mass is 477 g/mol. The molecule has 0 aromatic heterocycles. The summed E-state index contributed by atoms with van der Waals surface area (Å²) in [6.45, 7) is 6.48. The molecular formula is C27H31N3O5. The summed E-state index contributed by atoms with van der Waals surface area (Å²) in [6.07, 6.45) is -0.741. The lowest BCUT2D eigenvalue weighted by Gasteiger charge is -2.29. The molecule has 0 fully saturated rings. The predicted octanol–water partition coefficient (Wildman–Crippen LogP) is 4.52. The maximum Gasteiger partial charge on any atom is 0.408 e. The van der Waals surface area contributed by atoms with Crippen molar-refractivity contribution in [1.82, 2.24) is 10.2 Å². The number of anilines is 1. The fraction of sp³-hybridized carbons (Fsp3) is 0.296. The van der Waals surface area contributed by atoms with Gasteiger partial charge in [0.05, 0.1) is 0 Å². The van der Waals surface area contributed by atoms with Gasteiger partial charge in [-0.2, -0.15) is 0 Å². The predicted molar refractivity (Wildman–Crippen MR) is 135 cm³/mol. The van der Waals surface area contributed by atoms with Crippen LogP contribution in [0.5, 0.6) is 5.75 Å². The van der Waals surface area contributed by atoms with Gasteiger partial charge in [0.2, 0.25) is 5.91 Å². The molecule has 3 amide bonds. The van der Waals surface area contributed by atoms with Crippen LogP contribution in [0.4, 0.5) is 10.5 Å². The number of aromatic hydroxyl groups is 1.